The Morgan fingerprint density at radius 1 is 1.27 bits per heavy atom. The van der Waals surface area contributed by atoms with E-state index in [0.717, 1.165) is 5.56 Å². The Morgan fingerprint density at radius 2 is 1.95 bits per heavy atom. The zero-order chi connectivity index (χ0) is 16.4. The maximum atomic E-state index is 12.3. The fraction of sp³-hybridized carbons (Fsp3) is 0.438. The van der Waals surface area contributed by atoms with E-state index in [2.05, 4.69) is 16.0 Å². The quantitative estimate of drug-likeness (QED) is 0.525. The normalized spacial score (nSPS) is 11.4. The van der Waals surface area contributed by atoms with E-state index < -0.39 is 6.04 Å². The van der Waals surface area contributed by atoms with Gasteiger partial charge in [-0.3, -0.25) is 4.79 Å². The van der Waals surface area contributed by atoms with Gasteiger partial charge in [-0.2, -0.15) is 5.26 Å². The van der Waals surface area contributed by atoms with Crippen LogP contribution in [0.2, 0.25) is 0 Å². The maximum absolute atomic E-state index is 12.3. The van der Waals surface area contributed by atoms with Crippen LogP contribution >= 0.6 is 12.2 Å². The molecule has 0 heterocycles. The van der Waals surface area contributed by atoms with Gasteiger partial charge in [0.15, 0.2) is 5.11 Å². The number of nitrogens with one attached hydrogen (secondary N) is 3. The first kappa shape index (κ1) is 17.9. The Balaban J connectivity index is 2.69. The van der Waals surface area contributed by atoms with Crippen LogP contribution in [-0.2, 0) is 11.2 Å². The van der Waals surface area contributed by atoms with E-state index >= 15 is 0 Å². The minimum Gasteiger partial charge on any atom is -0.361 e. The highest BCUT2D eigenvalue weighted by Crippen LogP contribution is 2.04. The van der Waals surface area contributed by atoms with Crippen molar-refractivity contribution in [1.29, 1.82) is 5.26 Å². The smallest absolute Gasteiger partial charge is 0.242 e. The Labute approximate surface area is 137 Å². The molecule has 3 N–H and O–H groups in total. The van der Waals surface area contributed by atoms with Crippen LogP contribution in [0, 0.1) is 11.3 Å². The first-order valence-electron chi connectivity index (χ1n) is 7.28. The van der Waals surface area contributed by atoms with Crippen molar-refractivity contribution in [2.45, 2.75) is 38.8 Å². The highest BCUT2D eigenvalue weighted by Gasteiger charge is 2.19. The van der Waals surface area contributed by atoms with E-state index in [4.69, 9.17) is 17.5 Å². The Kier molecular flexibility index (Phi) is 7.94. The van der Waals surface area contributed by atoms with E-state index in [1.807, 2.05) is 50.2 Å². The molecule has 0 saturated carbocycles. The number of carbonyl (C=O) groups is 1. The molecule has 1 amide bonds. The van der Waals surface area contributed by atoms with Crippen LogP contribution in [0.15, 0.2) is 30.3 Å². The van der Waals surface area contributed by atoms with Gasteiger partial charge in [-0.15, -0.1) is 0 Å². The van der Waals surface area contributed by atoms with Gasteiger partial charge in [0.2, 0.25) is 5.91 Å². The number of nitrogens with zero attached hydrogens (tertiary/aromatic N) is 1. The number of nitriles is 1. The molecule has 118 valence electrons. The fourth-order valence-electron chi connectivity index (χ4n) is 1.89. The van der Waals surface area contributed by atoms with Gasteiger partial charge in [-0.05, 0) is 31.6 Å². The van der Waals surface area contributed by atoms with Crippen LogP contribution in [0.3, 0.4) is 0 Å². The lowest BCUT2D eigenvalue weighted by atomic mass is 10.1. The van der Waals surface area contributed by atoms with Crippen LogP contribution in [0.5, 0.6) is 0 Å². The topological polar surface area (TPSA) is 76.9 Å². The molecule has 1 aromatic carbocycles. The van der Waals surface area contributed by atoms with Gasteiger partial charge in [0.1, 0.15) is 6.04 Å². The molecule has 0 radical (unpaired) electrons. The van der Waals surface area contributed by atoms with Crippen molar-refractivity contribution in [1.82, 2.24) is 16.0 Å². The first-order chi connectivity index (χ1) is 10.5. The van der Waals surface area contributed by atoms with Crippen molar-refractivity contribution in [3.8, 4) is 6.07 Å². The number of hydrogen-bond donors (Lipinski definition) is 3. The number of benzene rings is 1. The molecular formula is C16H22N4OS. The first-order valence-corrected chi connectivity index (χ1v) is 7.69. The zero-order valence-corrected chi connectivity index (χ0v) is 13.7. The maximum Gasteiger partial charge on any atom is 0.242 e. The van der Waals surface area contributed by atoms with E-state index in [1.165, 1.54) is 0 Å². The van der Waals surface area contributed by atoms with Crippen molar-refractivity contribution in [3.05, 3.63) is 35.9 Å². The fourth-order valence-corrected chi connectivity index (χ4v) is 2.26. The predicted molar refractivity (Wildman–Crippen MR) is 91.2 cm³/mol. The third-order valence-electron chi connectivity index (χ3n) is 2.86. The average molecular weight is 318 g/mol. The number of amides is 1. The molecule has 22 heavy (non-hydrogen) atoms. The Bertz CT molecular complexity index is 525. The van der Waals surface area contributed by atoms with E-state index in [-0.39, 0.29) is 11.9 Å². The molecule has 0 aromatic heterocycles. The number of rotatable bonds is 7. The summed E-state index contributed by atoms with van der Waals surface area (Å²) in [6.45, 7) is 4.30. The Morgan fingerprint density at radius 3 is 2.55 bits per heavy atom. The van der Waals surface area contributed by atoms with Crippen LogP contribution in [-0.4, -0.2) is 29.6 Å². The van der Waals surface area contributed by atoms with Gasteiger partial charge in [0.25, 0.3) is 0 Å². The van der Waals surface area contributed by atoms with Crippen LogP contribution in [0.1, 0.15) is 25.8 Å². The van der Waals surface area contributed by atoms with Gasteiger partial charge >= 0.3 is 0 Å². The van der Waals surface area contributed by atoms with Gasteiger partial charge in [-0.1, -0.05) is 30.3 Å². The van der Waals surface area contributed by atoms with Gasteiger partial charge in [0, 0.05) is 19.0 Å². The predicted octanol–water partition coefficient (Wildman–Crippen LogP) is 1.50. The number of hydrogen-bond acceptors (Lipinski definition) is 3. The molecule has 0 saturated heterocycles. The molecule has 6 heteroatoms. The lowest BCUT2D eigenvalue weighted by Crippen LogP contribution is -2.52. The van der Waals surface area contributed by atoms with Crippen LogP contribution in [0.4, 0.5) is 0 Å². The van der Waals surface area contributed by atoms with Crippen molar-refractivity contribution >= 4 is 23.2 Å². The second-order valence-electron chi connectivity index (χ2n) is 5.21. The van der Waals surface area contributed by atoms with Crippen molar-refractivity contribution in [3.63, 3.8) is 0 Å². The molecule has 0 bridgehead atoms. The minimum atomic E-state index is -0.472. The third kappa shape index (κ3) is 7.04. The van der Waals surface area contributed by atoms with E-state index in [0.29, 0.717) is 24.5 Å². The highest BCUT2D eigenvalue weighted by molar-refractivity contribution is 7.80. The molecule has 0 spiro atoms. The summed E-state index contributed by atoms with van der Waals surface area (Å²) in [6, 6.07) is 11.5. The van der Waals surface area contributed by atoms with Crippen LogP contribution in [0.25, 0.3) is 0 Å². The summed E-state index contributed by atoms with van der Waals surface area (Å²) in [5.41, 5.74) is 1.04. The summed E-state index contributed by atoms with van der Waals surface area (Å²) in [4.78, 5) is 12.3. The molecule has 0 fully saturated rings. The summed E-state index contributed by atoms with van der Waals surface area (Å²) in [5, 5.41) is 17.9. The van der Waals surface area contributed by atoms with Crippen molar-refractivity contribution in [2.24, 2.45) is 0 Å². The summed E-state index contributed by atoms with van der Waals surface area (Å²) in [6.07, 6.45) is 0.817. The number of thiocarbonyl (C=S) groups is 1. The van der Waals surface area contributed by atoms with Crippen molar-refractivity contribution < 1.29 is 4.79 Å². The molecule has 1 atom stereocenters. The standard InChI is InChI=1S/C16H22N4OS/c1-12(2)19-16(22)20-14(15(21)18-10-6-9-17)11-13-7-4-3-5-8-13/h3-5,7-8,12,14H,6,10-11H2,1-2H3,(H,18,21)(H2,19,20,22). The minimum absolute atomic E-state index is 0.160. The molecule has 0 aliphatic heterocycles. The van der Waals surface area contributed by atoms with Gasteiger partial charge < -0.3 is 16.0 Å². The SMILES string of the molecule is CC(C)NC(=S)NC(Cc1ccccc1)C(=O)NCCC#N. The molecule has 1 aromatic rings. The van der Waals surface area contributed by atoms with E-state index in [1.54, 1.807) is 0 Å². The molecule has 5 nitrogen and oxygen atoms in total. The van der Waals surface area contributed by atoms with E-state index in [9.17, 15) is 4.79 Å². The van der Waals surface area contributed by atoms with Gasteiger partial charge in [0.05, 0.1) is 12.5 Å². The van der Waals surface area contributed by atoms with Crippen LogP contribution < -0.4 is 16.0 Å². The summed E-state index contributed by atoms with van der Waals surface area (Å²) in [5.74, 6) is -0.160. The highest BCUT2D eigenvalue weighted by atomic mass is 32.1. The zero-order valence-electron chi connectivity index (χ0n) is 12.9. The summed E-state index contributed by atoms with van der Waals surface area (Å²) < 4.78 is 0. The second-order valence-corrected chi connectivity index (χ2v) is 5.62. The van der Waals surface area contributed by atoms with Crippen molar-refractivity contribution in [2.75, 3.05) is 6.54 Å². The summed E-state index contributed by atoms with van der Waals surface area (Å²) in [7, 11) is 0. The number of carbonyl (C=O) groups excluding carboxylic acids is 1. The second kappa shape index (κ2) is 9.74. The molecule has 0 aliphatic carbocycles. The summed E-state index contributed by atoms with van der Waals surface area (Å²) >= 11 is 5.22. The Hall–Kier alpha value is -2.13. The lowest BCUT2D eigenvalue weighted by Gasteiger charge is -2.21. The third-order valence-corrected chi connectivity index (χ3v) is 3.10. The molecular weight excluding hydrogens is 296 g/mol. The lowest BCUT2D eigenvalue weighted by molar-refractivity contribution is -0.122. The largest absolute Gasteiger partial charge is 0.361 e. The monoisotopic (exact) mass is 318 g/mol. The van der Waals surface area contributed by atoms with Gasteiger partial charge in [-0.25, -0.2) is 0 Å². The molecule has 1 rings (SSSR count). The average Bonchev–Trinajstić information content (AvgIpc) is 2.47. The molecule has 1 unspecified atom stereocenters. The molecule has 0 aliphatic rings.